The number of halogens is 1. The SMILES string of the molecule is Cn1ncc2c(NCCCc3nc(-c4ccc(F)cc4)no3)ncnc21. The van der Waals surface area contributed by atoms with Gasteiger partial charge in [-0.25, -0.2) is 14.4 Å². The highest BCUT2D eigenvalue weighted by Crippen LogP contribution is 2.18. The number of anilines is 1. The Morgan fingerprint density at radius 1 is 1.19 bits per heavy atom. The molecule has 0 amide bonds. The van der Waals surface area contributed by atoms with Crippen LogP contribution in [0.3, 0.4) is 0 Å². The van der Waals surface area contributed by atoms with Crippen LogP contribution in [0.1, 0.15) is 12.3 Å². The number of benzene rings is 1. The third-order valence-electron chi connectivity index (χ3n) is 3.96. The lowest BCUT2D eigenvalue weighted by Crippen LogP contribution is -2.05. The van der Waals surface area contributed by atoms with Gasteiger partial charge in [-0.3, -0.25) is 4.68 Å². The summed E-state index contributed by atoms with van der Waals surface area (Å²) >= 11 is 0. The molecule has 4 rings (SSSR count). The molecule has 0 bridgehead atoms. The summed E-state index contributed by atoms with van der Waals surface area (Å²) in [5.41, 5.74) is 1.50. The summed E-state index contributed by atoms with van der Waals surface area (Å²) in [7, 11) is 1.84. The van der Waals surface area contributed by atoms with Gasteiger partial charge in [0, 0.05) is 25.6 Å². The van der Waals surface area contributed by atoms with Crippen LogP contribution in [0.25, 0.3) is 22.4 Å². The zero-order valence-electron chi connectivity index (χ0n) is 14.1. The lowest BCUT2D eigenvalue weighted by molar-refractivity contribution is 0.377. The minimum absolute atomic E-state index is 0.295. The lowest BCUT2D eigenvalue weighted by Gasteiger charge is -2.04. The fraction of sp³-hybridized carbons (Fsp3) is 0.235. The second-order valence-corrected chi connectivity index (χ2v) is 5.78. The molecule has 132 valence electrons. The third-order valence-corrected chi connectivity index (χ3v) is 3.96. The molecule has 0 unspecified atom stereocenters. The maximum Gasteiger partial charge on any atom is 0.227 e. The zero-order valence-corrected chi connectivity index (χ0v) is 14.1. The van der Waals surface area contributed by atoms with Gasteiger partial charge in [-0.05, 0) is 30.7 Å². The first-order valence-corrected chi connectivity index (χ1v) is 8.16. The van der Waals surface area contributed by atoms with Crippen molar-refractivity contribution in [2.45, 2.75) is 12.8 Å². The highest BCUT2D eigenvalue weighted by Gasteiger charge is 2.10. The Labute approximate surface area is 148 Å². The van der Waals surface area contributed by atoms with Crippen LogP contribution in [0.4, 0.5) is 10.2 Å². The van der Waals surface area contributed by atoms with Crippen molar-refractivity contribution in [3.05, 3.63) is 48.5 Å². The smallest absolute Gasteiger partial charge is 0.227 e. The summed E-state index contributed by atoms with van der Waals surface area (Å²) in [6, 6.07) is 5.99. The van der Waals surface area contributed by atoms with Crippen LogP contribution in [0.5, 0.6) is 0 Å². The number of aromatic nitrogens is 6. The van der Waals surface area contributed by atoms with E-state index in [-0.39, 0.29) is 5.82 Å². The van der Waals surface area contributed by atoms with Crippen LogP contribution in [0.15, 0.2) is 41.3 Å². The van der Waals surface area contributed by atoms with E-state index in [9.17, 15) is 4.39 Å². The highest BCUT2D eigenvalue weighted by atomic mass is 19.1. The largest absolute Gasteiger partial charge is 0.369 e. The summed E-state index contributed by atoms with van der Waals surface area (Å²) in [6.45, 7) is 0.690. The molecule has 26 heavy (non-hydrogen) atoms. The number of aryl methyl sites for hydroxylation is 2. The van der Waals surface area contributed by atoms with Crippen molar-refractivity contribution in [3.8, 4) is 11.4 Å². The Balaban J connectivity index is 1.34. The van der Waals surface area contributed by atoms with E-state index < -0.39 is 0 Å². The van der Waals surface area contributed by atoms with Gasteiger partial charge in [0.1, 0.15) is 18.0 Å². The van der Waals surface area contributed by atoms with Crippen LogP contribution in [-0.4, -0.2) is 36.4 Å². The first-order valence-electron chi connectivity index (χ1n) is 8.16. The van der Waals surface area contributed by atoms with Crippen molar-refractivity contribution in [1.82, 2.24) is 29.9 Å². The van der Waals surface area contributed by atoms with Crippen molar-refractivity contribution < 1.29 is 8.91 Å². The Morgan fingerprint density at radius 2 is 2.04 bits per heavy atom. The first kappa shape index (κ1) is 16.1. The van der Waals surface area contributed by atoms with E-state index in [1.807, 2.05) is 7.05 Å². The number of fused-ring (bicyclic) bond motifs is 1. The van der Waals surface area contributed by atoms with Gasteiger partial charge in [-0.1, -0.05) is 5.16 Å². The van der Waals surface area contributed by atoms with Gasteiger partial charge in [-0.15, -0.1) is 0 Å². The van der Waals surface area contributed by atoms with Crippen LogP contribution in [-0.2, 0) is 13.5 Å². The molecule has 0 fully saturated rings. The normalized spacial score (nSPS) is 11.2. The Kier molecular flexibility index (Phi) is 4.26. The van der Waals surface area contributed by atoms with Gasteiger partial charge >= 0.3 is 0 Å². The number of nitrogens with one attached hydrogen (secondary N) is 1. The molecule has 0 saturated heterocycles. The monoisotopic (exact) mass is 353 g/mol. The zero-order chi connectivity index (χ0) is 17.9. The van der Waals surface area contributed by atoms with Crippen LogP contribution in [0.2, 0.25) is 0 Å². The maximum atomic E-state index is 13.0. The van der Waals surface area contributed by atoms with E-state index in [2.05, 4.69) is 30.5 Å². The molecule has 0 spiro atoms. The van der Waals surface area contributed by atoms with E-state index in [1.165, 1.54) is 18.5 Å². The summed E-state index contributed by atoms with van der Waals surface area (Å²) < 4.78 is 19.9. The molecule has 1 N–H and O–H groups in total. The van der Waals surface area contributed by atoms with Crippen molar-refractivity contribution in [2.75, 3.05) is 11.9 Å². The molecule has 4 aromatic rings. The van der Waals surface area contributed by atoms with Crippen molar-refractivity contribution in [2.24, 2.45) is 7.05 Å². The van der Waals surface area contributed by atoms with Crippen LogP contribution in [0, 0.1) is 5.82 Å². The molecule has 3 heterocycles. The van der Waals surface area contributed by atoms with E-state index in [0.29, 0.717) is 24.7 Å². The van der Waals surface area contributed by atoms with Gasteiger partial charge in [0.25, 0.3) is 0 Å². The molecule has 0 aliphatic rings. The molecule has 0 atom stereocenters. The Hall–Kier alpha value is -3.36. The summed E-state index contributed by atoms with van der Waals surface area (Å²) in [5.74, 6) is 1.46. The fourth-order valence-electron chi connectivity index (χ4n) is 2.62. The summed E-state index contributed by atoms with van der Waals surface area (Å²) in [4.78, 5) is 12.8. The number of hydrogen-bond acceptors (Lipinski definition) is 7. The average Bonchev–Trinajstić information content (AvgIpc) is 3.27. The van der Waals surface area contributed by atoms with E-state index >= 15 is 0 Å². The van der Waals surface area contributed by atoms with Crippen molar-refractivity contribution >= 4 is 16.9 Å². The van der Waals surface area contributed by atoms with Gasteiger partial charge in [-0.2, -0.15) is 10.1 Å². The standard InChI is InChI=1S/C17H16FN7O/c1-25-17-13(9-22-25)16(20-10-21-17)19-8-2-3-14-23-15(24-26-14)11-4-6-12(18)7-5-11/h4-7,9-10H,2-3,8H2,1H3,(H,19,20,21). The van der Waals surface area contributed by atoms with Gasteiger partial charge in [0.2, 0.25) is 11.7 Å². The summed E-state index contributed by atoms with van der Waals surface area (Å²) in [5, 5.41) is 12.3. The lowest BCUT2D eigenvalue weighted by atomic mass is 10.2. The molecule has 0 radical (unpaired) electrons. The van der Waals surface area contributed by atoms with Gasteiger partial charge in [0.05, 0.1) is 11.6 Å². The number of nitrogens with zero attached hydrogens (tertiary/aromatic N) is 6. The van der Waals surface area contributed by atoms with E-state index in [4.69, 9.17) is 4.52 Å². The van der Waals surface area contributed by atoms with Crippen molar-refractivity contribution in [1.29, 1.82) is 0 Å². The molecule has 9 heteroatoms. The average molecular weight is 353 g/mol. The fourth-order valence-corrected chi connectivity index (χ4v) is 2.62. The molecule has 1 aromatic carbocycles. The quantitative estimate of drug-likeness (QED) is 0.532. The minimum Gasteiger partial charge on any atom is -0.369 e. The predicted octanol–water partition coefficient (Wildman–Crippen LogP) is 2.60. The van der Waals surface area contributed by atoms with E-state index in [1.54, 1.807) is 23.0 Å². The third kappa shape index (κ3) is 3.23. The van der Waals surface area contributed by atoms with Gasteiger partial charge < -0.3 is 9.84 Å². The summed E-state index contributed by atoms with van der Waals surface area (Å²) in [6.07, 6.45) is 4.67. The topological polar surface area (TPSA) is 94.6 Å². The van der Waals surface area contributed by atoms with Gasteiger partial charge in [0.15, 0.2) is 5.65 Å². The molecule has 0 saturated carbocycles. The van der Waals surface area contributed by atoms with Crippen LogP contribution >= 0.6 is 0 Å². The molecule has 0 aliphatic heterocycles. The molecule has 3 aromatic heterocycles. The Morgan fingerprint density at radius 3 is 2.88 bits per heavy atom. The first-order chi connectivity index (χ1) is 12.7. The number of hydrogen-bond donors (Lipinski definition) is 1. The predicted molar refractivity (Wildman–Crippen MR) is 92.8 cm³/mol. The van der Waals surface area contributed by atoms with Crippen LogP contribution < -0.4 is 5.32 Å². The second-order valence-electron chi connectivity index (χ2n) is 5.78. The highest BCUT2D eigenvalue weighted by molar-refractivity contribution is 5.85. The maximum absolute atomic E-state index is 13.0. The van der Waals surface area contributed by atoms with E-state index in [0.717, 1.165) is 28.8 Å². The second kappa shape index (κ2) is 6.87. The molecule has 0 aliphatic carbocycles. The van der Waals surface area contributed by atoms with Crippen molar-refractivity contribution in [3.63, 3.8) is 0 Å². The molecular weight excluding hydrogens is 337 g/mol. The minimum atomic E-state index is -0.295. The molecular formula is C17H16FN7O. The Bertz CT molecular complexity index is 1030. The number of rotatable bonds is 6. The molecule has 8 nitrogen and oxygen atoms in total.